The standard InChI is InChI=1S/C18H29NO2/c1-3-5-6-12-21-18-13-17(20-11-4-2)10-7-15(18)14-19-16-8-9-16/h7,10,13,16,19H,3-6,8-9,11-12,14H2,1-2H3. The quantitative estimate of drug-likeness (QED) is 0.617. The maximum atomic E-state index is 5.99. The van der Waals surface area contributed by atoms with Crippen molar-refractivity contribution in [2.24, 2.45) is 0 Å². The molecule has 1 fully saturated rings. The summed E-state index contributed by atoms with van der Waals surface area (Å²) >= 11 is 0. The second-order valence-corrected chi connectivity index (χ2v) is 5.83. The predicted molar refractivity (Wildman–Crippen MR) is 87.1 cm³/mol. The summed E-state index contributed by atoms with van der Waals surface area (Å²) in [5, 5.41) is 3.56. The first kappa shape index (κ1) is 16.2. The maximum absolute atomic E-state index is 5.99. The molecule has 0 bridgehead atoms. The summed E-state index contributed by atoms with van der Waals surface area (Å²) in [7, 11) is 0. The highest BCUT2D eigenvalue weighted by Crippen LogP contribution is 2.27. The Kier molecular flexibility index (Phi) is 6.87. The molecule has 1 saturated carbocycles. The van der Waals surface area contributed by atoms with Crippen molar-refractivity contribution in [2.45, 2.75) is 65.0 Å². The van der Waals surface area contributed by atoms with Crippen molar-refractivity contribution in [3.63, 3.8) is 0 Å². The summed E-state index contributed by atoms with van der Waals surface area (Å²) in [4.78, 5) is 0. The molecular weight excluding hydrogens is 262 g/mol. The fourth-order valence-electron chi connectivity index (χ4n) is 2.20. The van der Waals surface area contributed by atoms with Crippen LogP contribution in [0.1, 0.15) is 57.9 Å². The van der Waals surface area contributed by atoms with E-state index in [0.717, 1.165) is 44.1 Å². The monoisotopic (exact) mass is 291 g/mol. The lowest BCUT2D eigenvalue weighted by Crippen LogP contribution is -2.16. The molecule has 0 saturated heterocycles. The Morgan fingerprint density at radius 1 is 1.05 bits per heavy atom. The van der Waals surface area contributed by atoms with Gasteiger partial charge in [-0.2, -0.15) is 0 Å². The van der Waals surface area contributed by atoms with Crippen molar-refractivity contribution in [3.8, 4) is 11.5 Å². The normalized spacial score (nSPS) is 14.2. The molecule has 118 valence electrons. The lowest BCUT2D eigenvalue weighted by Gasteiger charge is -2.14. The van der Waals surface area contributed by atoms with Crippen molar-refractivity contribution in [1.82, 2.24) is 5.32 Å². The number of rotatable bonds is 11. The first-order valence-electron chi connectivity index (χ1n) is 8.45. The number of unbranched alkanes of at least 4 members (excludes halogenated alkanes) is 2. The zero-order chi connectivity index (χ0) is 14.9. The van der Waals surface area contributed by atoms with Crippen LogP contribution >= 0.6 is 0 Å². The number of hydrogen-bond donors (Lipinski definition) is 1. The van der Waals surface area contributed by atoms with E-state index in [-0.39, 0.29) is 0 Å². The van der Waals surface area contributed by atoms with Gasteiger partial charge >= 0.3 is 0 Å². The van der Waals surface area contributed by atoms with Crippen molar-refractivity contribution in [3.05, 3.63) is 23.8 Å². The zero-order valence-electron chi connectivity index (χ0n) is 13.5. The molecule has 1 aliphatic carbocycles. The topological polar surface area (TPSA) is 30.5 Å². The first-order valence-corrected chi connectivity index (χ1v) is 8.45. The first-order chi connectivity index (χ1) is 10.3. The van der Waals surface area contributed by atoms with Gasteiger partial charge in [-0.3, -0.25) is 0 Å². The highest BCUT2D eigenvalue weighted by molar-refractivity contribution is 5.40. The third-order valence-corrected chi connectivity index (χ3v) is 3.68. The van der Waals surface area contributed by atoms with E-state index in [1.807, 2.05) is 6.07 Å². The summed E-state index contributed by atoms with van der Waals surface area (Å²) in [6, 6.07) is 6.95. The fourth-order valence-corrected chi connectivity index (χ4v) is 2.20. The molecule has 1 aliphatic rings. The van der Waals surface area contributed by atoms with Gasteiger partial charge in [-0.25, -0.2) is 0 Å². The number of hydrogen-bond acceptors (Lipinski definition) is 3. The molecule has 0 radical (unpaired) electrons. The molecule has 0 aromatic heterocycles. The summed E-state index contributed by atoms with van der Waals surface area (Å²) in [5.41, 5.74) is 1.24. The van der Waals surface area contributed by atoms with Gasteiger partial charge in [0, 0.05) is 24.2 Å². The zero-order valence-corrected chi connectivity index (χ0v) is 13.5. The highest BCUT2D eigenvalue weighted by atomic mass is 16.5. The molecule has 0 atom stereocenters. The second kappa shape index (κ2) is 8.93. The Hall–Kier alpha value is -1.22. The molecule has 3 nitrogen and oxygen atoms in total. The van der Waals surface area contributed by atoms with E-state index in [2.05, 4.69) is 31.3 Å². The van der Waals surface area contributed by atoms with Crippen LogP contribution in [0, 0.1) is 0 Å². The minimum absolute atomic E-state index is 0.717. The Balaban J connectivity index is 1.94. The molecule has 3 heteroatoms. The van der Waals surface area contributed by atoms with Crippen molar-refractivity contribution in [2.75, 3.05) is 13.2 Å². The van der Waals surface area contributed by atoms with Crippen LogP contribution < -0.4 is 14.8 Å². The van der Waals surface area contributed by atoms with Gasteiger partial charge in [0.25, 0.3) is 0 Å². The summed E-state index contributed by atoms with van der Waals surface area (Å²) in [5.74, 6) is 1.89. The number of benzene rings is 1. The minimum Gasteiger partial charge on any atom is -0.493 e. The molecule has 0 heterocycles. The molecule has 1 aromatic rings. The lowest BCUT2D eigenvalue weighted by atomic mass is 10.2. The van der Waals surface area contributed by atoms with E-state index in [1.54, 1.807) is 0 Å². The van der Waals surface area contributed by atoms with E-state index in [1.165, 1.54) is 31.2 Å². The average molecular weight is 291 g/mol. The van der Waals surface area contributed by atoms with Gasteiger partial charge in [0.05, 0.1) is 13.2 Å². The fraction of sp³-hybridized carbons (Fsp3) is 0.667. The number of ether oxygens (including phenoxy) is 2. The summed E-state index contributed by atoms with van der Waals surface area (Å²) in [6.07, 6.45) is 7.21. The molecule has 21 heavy (non-hydrogen) atoms. The van der Waals surface area contributed by atoms with Crippen molar-refractivity contribution < 1.29 is 9.47 Å². The molecule has 2 rings (SSSR count). The predicted octanol–water partition coefficient (Wildman–Crippen LogP) is 4.30. The maximum Gasteiger partial charge on any atom is 0.127 e. The SMILES string of the molecule is CCCCCOc1cc(OCCC)ccc1CNC1CC1. The average Bonchev–Trinajstić information content (AvgIpc) is 3.32. The molecule has 1 N–H and O–H groups in total. The van der Waals surface area contributed by atoms with Crippen molar-refractivity contribution in [1.29, 1.82) is 0 Å². The van der Waals surface area contributed by atoms with Crippen LogP contribution in [-0.2, 0) is 6.54 Å². The van der Waals surface area contributed by atoms with E-state index in [4.69, 9.17) is 9.47 Å². The summed E-state index contributed by atoms with van der Waals surface area (Å²) in [6.45, 7) is 6.78. The van der Waals surface area contributed by atoms with E-state index in [0.29, 0.717) is 6.04 Å². The summed E-state index contributed by atoms with van der Waals surface area (Å²) < 4.78 is 11.7. The Bertz CT molecular complexity index is 416. The van der Waals surface area contributed by atoms with Gasteiger partial charge in [-0.1, -0.05) is 32.8 Å². The van der Waals surface area contributed by atoms with E-state index in [9.17, 15) is 0 Å². The third kappa shape index (κ3) is 5.96. The molecule has 0 spiro atoms. The van der Waals surface area contributed by atoms with E-state index < -0.39 is 0 Å². The van der Waals surface area contributed by atoms with Gasteiger partial charge in [0.1, 0.15) is 11.5 Å². The van der Waals surface area contributed by atoms with Gasteiger partial charge in [0.2, 0.25) is 0 Å². The van der Waals surface area contributed by atoms with Gasteiger partial charge < -0.3 is 14.8 Å². The van der Waals surface area contributed by atoms with E-state index >= 15 is 0 Å². The van der Waals surface area contributed by atoms with Gasteiger partial charge in [-0.05, 0) is 31.7 Å². The molecule has 0 aliphatic heterocycles. The molecule has 1 aromatic carbocycles. The Morgan fingerprint density at radius 3 is 2.62 bits per heavy atom. The Labute approximate surface area is 129 Å². The molecular formula is C18H29NO2. The van der Waals surface area contributed by atoms with Crippen LogP contribution in [-0.4, -0.2) is 19.3 Å². The van der Waals surface area contributed by atoms with Gasteiger partial charge in [-0.15, -0.1) is 0 Å². The second-order valence-electron chi connectivity index (χ2n) is 5.83. The number of nitrogens with one attached hydrogen (secondary N) is 1. The van der Waals surface area contributed by atoms with Crippen LogP contribution in [0.5, 0.6) is 11.5 Å². The minimum atomic E-state index is 0.717. The van der Waals surface area contributed by atoms with Crippen molar-refractivity contribution >= 4 is 0 Å². The van der Waals surface area contributed by atoms with Crippen LogP contribution in [0.3, 0.4) is 0 Å². The van der Waals surface area contributed by atoms with Gasteiger partial charge in [0.15, 0.2) is 0 Å². The largest absolute Gasteiger partial charge is 0.493 e. The van der Waals surface area contributed by atoms with Crippen LogP contribution in [0.15, 0.2) is 18.2 Å². The molecule has 0 amide bonds. The third-order valence-electron chi connectivity index (χ3n) is 3.68. The smallest absolute Gasteiger partial charge is 0.127 e. The highest BCUT2D eigenvalue weighted by Gasteiger charge is 2.20. The van der Waals surface area contributed by atoms with Crippen LogP contribution in [0.4, 0.5) is 0 Å². The lowest BCUT2D eigenvalue weighted by molar-refractivity contribution is 0.292. The van der Waals surface area contributed by atoms with Crippen LogP contribution in [0.2, 0.25) is 0 Å². The molecule has 0 unspecified atom stereocenters. The van der Waals surface area contributed by atoms with Crippen LogP contribution in [0.25, 0.3) is 0 Å². The Morgan fingerprint density at radius 2 is 1.90 bits per heavy atom.